The summed E-state index contributed by atoms with van der Waals surface area (Å²) in [6.07, 6.45) is -3.21. The minimum atomic E-state index is -4.57. The van der Waals surface area contributed by atoms with E-state index >= 15 is 0 Å². The Kier molecular flexibility index (Phi) is 4.86. The van der Waals surface area contributed by atoms with Gasteiger partial charge < -0.3 is 14.8 Å². The first kappa shape index (κ1) is 22.5. The van der Waals surface area contributed by atoms with Gasteiger partial charge in [-0.05, 0) is 49.2 Å². The van der Waals surface area contributed by atoms with E-state index in [1.807, 2.05) is 4.57 Å². The lowest BCUT2D eigenvalue weighted by molar-refractivity contribution is -0.199. The largest absolute Gasteiger partial charge is 0.403 e. The smallest absolute Gasteiger partial charge is 0.372 e. The SMILES string of the molecule is CNc1cn2nc(-c3c(-c4ccc(F)cc4)nc4n3CCN(C(=O)C3(C(F)(F)F)CC3)C4)ccc2n1. The molecule has 6 rings (SSSR count). The molecule has 1 aliphatic carbocycles. The molecule has 0 unspecified atom stereocenters. The molecule has 0 spiro atoms. The summed E-state index contributed by atoms with van der Waals surface area (Å²) in [5, 5.41) is 7.65. The summed E-state index contributed by atoms with van der Waals surface area (Å²) in [7, 11) is 1.75. The van der Waals surface area contributed by atoms with Crippen LogP contribution in [0.1, 0.15) is 18.7 Å². The van der Waals surface area contributed by atoms with Gasteiger partial charge in [-0.25, -0.2) is 18.9 Å². The summed E-state index contributed by atoms with van der Waals surface area (Å²) in [5.74, 6) is -0.209. The van der Waals surface area contributed by atoms with Crippen LogP contribution in [-0.2, 0) is 17.9 Å². The fourth-order valence-electron chi connectivity index (χ4n) is 4.75. The number of nitrogens with one attached hydrogen (secondary N) is 1. The van der Waals surface area contributed by atoms with Crippen LogP contribution < -0.4 is 5.32 Å². The highest BCUT2D eigenvalue weighted by Gasteiger charge is 2.69. The first-order chi connectivity index (χ1) is 17.2. The van der Waals surface area contributed by atoms with Crippen LogP contribution in [0.2, 0.25) is 0 Å². The van der Waals surface area contributed by atoms with Crippen molar-refractivity contribution in [3.63, 3.8) is 0 Å². The Morgan fingerprint density at radius 3 is 2.47 bits per heavy atom. The van der Waals surface area contributed by atoms with E-state index in [-0.39, 0.29) is 32.5 Å². The van der Waals surface area contributed by atoms with Crippen molar-refractivity contribution in [2.45, 2.75) is 32.1 Å². The number of carbonyl (C=O) groups is 1. The average molecular weight is 499 g/mol. The normalized spacial score (nSPS) is 16.8. The minimum Gasteiger partial charge on any atom is -0.372 e. The van der Waals surface area contributed by atoms with Crippen molar-refractivity contribution in [1.82, 2.24) is 29.0 Å². The molecule has 1 fully saturated rings. The zero-order valence-electron chi connectivity index (χ0n) is 19.2. The number of amides is 1. The van der Waals surface area contributed by atoms with Crippen molar-refractivity contribution in [1.29, 1.82) is 0 Å². The number of hydrogen-bond donors (Lipinski definition) is 1. The number of benzene rings is 1. The maximum absolute atomic E-state index is 13.6. The predicted octanol–water partition coefficient (Wildman–Crippen LogP) is 4.13. The number of halogens is 4. The van der Waals surface area contributed by atoms with Gasteiger partial charge in [0.1, 0.15) is 28.6 Å². The molecule has 1 aromatic carbocycles. The third kappa shape index (κ3) is 3.42. The summed E-state index contributed by atoms with van der Waals surface area (Å²) in [5.41, 5.74) is 0.699. The lowest BCUT2D eigenvalue weighted by atomic mass is 10.0. The van der Waals surface area contributed by atoms with Crippen LogP contribution in [0.3, 0.4) is 0 Å². The van der Waals surface area contributed by atoms with Crippen LogP contribution >= 0.6 is 0 Å². The molecule has 0 atom stereocenters. The summed E-state index contributed by atoms with van der Waals surface area (Å²) >= 11 is 0. The van der Waals surface area contributed by atoms with Gasteiger partial charge in [-0.3, -0.25) is 4.79 Å². The van der Waals surface area contributed by atoms with Crippen LogP contribution in [0.4, 0.5) is 23.4 Å². The molecule has 36 heavy (non-hydrogen) atoms. The molecule has 1 saturated carbocycles. The van der Waals surface area contributed by atoms with Crippen molar-refractivity contribution >= 4 is 17.4 Å². The zero-order chi connectivity index (χ0) is 25.2. The van der Waals surface area contributed by atoms with Gasteiger partial charge in [-0.2, -0.15) is 18.3 Å². The second kappa shape index (κ2) is 7.77. The Labute approximate surface area is 202 Å². The van der Waals surface area contributed by atoms with Gasteiger partial charge in [0.05, 0.1) is 24.1 Å². The van der Waals surface area contributed by atoms with Crippen molar-refractivity contribution in [2.24, 2.45) is 5.41 Å². The highest BCUT2D eigenvalue weighted by Crippen LogP contribution is 2.58. The van der Waals surface area contributed by atoms with Crippen LogP contribution in [0.15, 0.2) is 42.6 Å². The molecule has 12 heteroatoms. The number of aromatic nitrogens is 5. The summed E-state index contributed by atoms with van der Waals surface area (Å²) in [4.78, 5) is 23.2. The highest BCUT2D eigenvalue weighted by molar-refractivity contribution is 5.86. The van der Waals surface area contributed by atoms with Gasteiger partial charge in [0, 0.05) is 25.7 Å². The molecule has 3 aromatic heterocycles. The highest BCUT2D eigenvalue weighted by atomic mass is 19.4. The second-order valence-corrected chi connectivity index (χ2v) is 9.09. The van der Waals surface area contributed by atoms with Crippen LogP contribution in [0, 0.1) is 11.2 Å². The Morgan fingerprint density at radius 1 is 1.06 bits per heavy atom. The Morgan fingerprint density at radius 2 is 1.81 bits per heavy atom. The number of fused-ring (bicyclic) bond motifs is 2. The van der Waals surface area contributed by atoms with Gasteiger partial charge in [-0.15, -0.1) is 0 Å². The molecule has 1 aliphatic heterocycles. The Balaban J connectivity index is 1.44. The van der Waals surface area contributed by atoms with Crippen LogP contribution in [0.25, 0.3) is 28.3 Å². The van der Waals surface area contributed by atoms with E-state index in [1.54, 1.807) is 42.0 Å². The molecular weight excluding hydrogens is 478 g/mol. The maximum Gasteiger partial charge on any atom is 0.403 e. The number of nitrogens with zero attached hydrogens (tertiary/aromatic N) is 6. The van der Waals surface area contributed by atoms with Gasteiger partial charge in [-0.1, -0.05) is 0 Å². The number of rotatable bonds is 4. The standard InChI is InChI=1S/C24H21F4N7O/c1-29-17-12-35-18(30-17)7-6-16(32-35)21-20(14-2-4-15(25)5-3-14)31-19-13-33(10-11-34(19)21)22(36)23(8-9-23)24(26,27)28/h2-7,12,29H,8-11,13H2,1H3. The summed E-state index contributed by atoms with van der Waals surface area (Å²) in [6.45, 7) is 0.319. The number of anilines is 1. The molecule has 4 heterocycles. The molecule has 0 radical (unpaired) electrons. The van der Waals surface area contributed by atoms with E-state index in [4.69, 9.17) is 4.98 Å². The average Bonchev–Trinajstić information content (AvgIpc) is 3.45. The Bertz CT molecular complexity index is 1480. The van der Waals surface area contributed by atoms with Crippen molar-refractivity contribution in [3.8, 4) is 22.6 Å². The maximum atomic E-state index is 13.6. The van der Waals surface area contributed by atoms with Crippen molar-refractivity contribution in [2.75, 3.05) is 18.9 Å². The summed E-state index contributed by atoms with van der Waals surface area (Å²) < 4.78 is 57.9. The van der Waals surface area contributed by atoms with E-state index in [1.165, 1.54) is 17.0 Å². The monoisotopic (exact) mass is 499 g/mol. The molecule has 1 amide bonds. The molecular formula is C24H21F4N7O. The molecule has 0 saturated heterocycles. The third-order valence-electron chi connectivity index (χ3n) is 6.90. The van der Waals surface area contributed by atoms with Gasteiger partial charge in [0.2, 0.25) is 5.91 Å². The van der Waals surface area contributed by atoms with E-state index in [0.717, 1.165) is 0 Å². The van der Waals surface area contributed by atoms with E-state index < -0.39 is 23.3 Å². The molecule has 0 bridgehead atoms. The van der Waals surface area contributed by atoms with Crippen molar-refractivity contribution in [3.05, 3.63) is 54.2 Å². The second-order valence-electron chi connectivity index (χ2n) is 9.09. The number of hydrogen-bond acceptors (Lipinski definition) is 5. The quantitative estimate of drug-likeness (QED) is 0.428. The zero-order valence-corrected chi connectivity index (χ0v) is 19.2. The van der Waals surface area contributed by atoms with Gasteiger partial charge >= 0.3 is 6.18 Å². The van der Waals surface area contributed by atoms with Gasteiger partial charge in [0.15, 0.2) is 5.65 Å². The number of alkyl halides is 3. The third-order valence-corrected chi connectivity index (χ3v) is 6.90. The van der Waals surface area contributed by atoms with Crippen LogP contribution in [-0.4, -0.2) is 54.7 Å². The van der Waals surface area contributed by atoms with E-state index in [2.05, 4.69) is 15.4 Å². The predicted molar refractivity (Wildman–Crippen MR) is 122 cm³/mol. The van der Waals surface area contributed by atoms with Crippen molar-refractivity contribution < 1.29 is 22.4 Å². The topological polar surface area (TPSA) is 80.4 Å². The Hall–Kier alpha value is -3.96. The summed E-state index contributed by atoms with van der Waals surface area (Å²) in [6, 6.07) is 9.41. The first-order valence-corrected chi connectivity index (χ1v) is 11.5. The van der Waals surface area contributed by atoms with Gasteiger partial charge in [0.25, 0.3) is 0 Å². The fourth-order valence-corrected chi connectivity index (χ4v) is 4.75. The molecule has 186 valence electrons. The van der Waals surface area contributed by atoms with Crippen LogP contribution in [0.5, 0.6) is 0 Å². The molecule has 2 aliphatic rings. The first-order valence-electron chi connectivity index (χ1n) is 11.5. The van der Waals surface area contributed by atoms with E-state index in [0.29, 0.717) is 39.9 Å². The molecule has 4 aromatic rings. The lowest BCUT2D eigenvalue weighted by Gasteiger charge is -2.32. The fraction of sp³-hybridized carbons (Fsp3) is 0.333. The minimum absolute atomic E-state index is 0.0535. The molecule has 8 nitrogen and oxygen atoms in total. The van der Waals surface area contributed by atoms with E-state index in [9.17, 15) is 22.4 Å². The lowest BCUT2D eigenvalue weighted by Crippen LogP contribution is -2.47. The number of carbonyl (C=O) groups excluding carboxylic acids is 1. The number of imidazole rings is 2. The molecule has 1 N–H and O–H groups in total.